The Balaban J connectivity index is 1.72. The average Bonchev–Trinajstić information content (AvgIpc) is 3.03. The van der Waals surface area contributed by atoms with Gasteiger partial charge in [-0.3, -0.25) is 9.78 Å². The van der Waals surface area contributed by atoms with Crippen LogP contribution in [-0.4, -0.2) is 52.7 Å². The molecule has 0 aliphatic heterocycles. The van der Waals surface area contributed by atoms with Crippen molar-refractivity contribution in [2.24, 2.45) is 0 Å². The van der Waals surface area contributed by atoms with Gasteiger partial charge in [-0.2, -0.15) is 0 Å². The number of pyridine rings is 1. The number of benzene rings is 1. The van der Waals surface area contributed by atoms with E-state index in [1.807, 2.05) is 0 Å². The summed E-state index contributed by atoms with van der Waals surface area (Å²) in [6.07, 6.45) is 3.39. The highest BCUT2D eigenvalue weighted by Gasteiger charge is 2.18. The summed E-state index contributed by atoms with van der Waals surface area (Å²) < 4.78 is 27.1. The lowest BCUT2D eigenvalue weighted by atomic mass is 10.3. The maximum absolute atomic E-state index is 12.2. The molecule has 9 nitrogen and oxygen atoms in total. The van der Waals surface area contributed by atoms with E-state index in [9.17, 15) is 13.2 Å². The van der Waals surface area contributed by atoms with Crippen LogP contribution in [-0.2, 0) is 21.4 Å². The van der Waals surface area contributed by atoms with Crippen LogP contribution >= 0.6 is 0 Å². The number of rotatable bonds is 6. The van der Waals surface area contributed by atoms with Gasteiger partial charge in [0, 0.05) is 26.7 Å². The van der Waals surface area contributed by atoms with Crippen LogP contribution in [0.25, 0.3) is 11.0 Å². The summed E-state index contributed by atoms with van der Waals surface area (Å²) >= 11 is 0. The number of amides is 1. The summed E-state index contributed by atoms with van der Waals surface area (Å²) in [5.74, 6) is -0.173. The molecular weight excluding hydrogens is 356 g/mol. The van der Waals surface area contributed by atoms with Crippen LogP contribution in [0.3, 0.4) is 0 Å². The number of aryl methyl sites for hydroxylation is 1. The molecule has 1 aromatic carbocycles. The molecule has 0 atom stereocenters. The van der Waals surface area contributed by atoms with Crippen molar-refractivity contribution in [3.05, 3.63) is 42.7 Å². The number of hydrogen-bond donors (Lipinski definition) is 1. The molecule has 0 spiro atoms. The molecule has 0 aliphatic carbocycles. The molecule has 3 aromatic rings. The van der Waals surface area contributed by atoms with Gasteiger partial charge in [0.05, 0.1) is 28.8 Å². The highest BCUT2D eigenvalue weighted by Crippen LogP contribution is 2.19. The summed E-state index contributed by atoms with van der Waals surface area (Å²) in [5, 5.41) is 10.8. The Labute approximate surface area is 150 Å². The van der Waals surface area contributed by atoms with Gasteiger partial charge in [0.1, 0.15) is 5.52 Å². The van der Waals surface area contributed by atoms with E-state index in [0.717, 1.165) is 4.31 Å². The molecule has 1 amide bonds. The lowest BCUT2D eigenvalue weighted by molar-refractivity contribution is -0.116. The van der Waals surface area contributed by atoms with Crippen molar-refractivity contribution in [3.8, 4) is 0 Å². The third-order valence-electron chi connectivity index (χ3n) is 3.76. The highest BCUT2D eigenvalue weighted by molar-refractivity contribution is 7.89. The van der Waals surface area contributed by atoms with Crippen molar-refractivity contribution in [3.63, 3.8) is 0 Å². The van der Waals surface area contributed by atoms with Gasteiger partial charge in [0.15, 0.2) is 0 Å². The Morgan fingerprint density at radius 1 is 1.27 bits per heavy atom. The second-order valence-electron chi connectivity index (χ2n) is 5.79. The quantitative estimate of drug-likeness (QED) is 0.692. The lowest BCUT2D eigenvalue weighted by Crippen LogP contribution is -2.22. The number of nitrogens with zero attached hydrogens (tertiary/aromatic N) is 5. The number of fused-ring (bicyclic) bond motifs is 1. The first-order valence-corrected chi connectivity index (χ1v) is 9.27. The maximum Gasteiger partial charge on any atom is 0.242 e. The second-order valence-corrected chi connectivity index (χ2v) is 7.94. The molecular formula is C16H18N6O3S. The fourth-order valence-corrected chi connectivity index (χ4v) is 3.28. The number of sulfonamides is 1. The smallest absolute Gasteiger partial charge is 0.242 e. The minimum Gasteiger partial charge on any atom is -0.325 e. The molecule has 0 aliphatic rings. The van der Waals surface area contributed by atoms with Crippen LogP contribution in [0.2, 0.25) is 0 Å². The summed E-state index contributed by atoms with van der Waals surface area (Å²) in [6.45, 7) is 0.322. The minimum absolute atomic E-state index is 0.149. The van der Waals surface area contributed by atoms with Crippen molar-refractivity contribution >= 4 is 32.7 Å². The van der Waals surface area contributed by atoms with E-state index in [4.69, 9.17) is 0 Å². The first-order chi connectivity index (χ1) is 12.4. The van der Waals surface area contributed by atoms with Crippen molar-refractivity contribution in [2.75, 3.05) is 19.4 Å². The molecule has 0 unspecified atom stereocenters. The third kappa shape index (κ3) is 3.70. The van der Waals surface area contributed by atoms with Gasteiger partial charge in [-0.15, -0.1) is 5.10 Å². The van der Waals surface area contributed by atoms with Gasteiger partial charge in [0.2, 0.25) is 15.9 Å². The van der Waals surface area contributed by atoms with Crippen LogP contribution in [0.5, 0.6) is 0 Å². The van der Waals surface area contributed by atoms with Crippen LogP contribution in [0.15, 0.2) is 47.6 Å². The van der Waals surface area contributed by atoms with Gasteiger partial charge in [-0.05, 0) is 30.3 Å². The lowest BCUT2D eigenvalue weighted by Gasteiger charge is -2.11. The molecule has 26 heavy (non-hydrogen) atoms. The maximum atomic E-state index is 12.2. The molecule has 2 heterocycles. The molecule has 0 fully saturated rings. The highest BCUT2D eigenvalue weighted by atomic mass is 32.2. The van der Waals surface area contributed by atoms with Gasteiger partial charge < -0.3 is 5.32 Å². The van der Waals surface area contributed by atoms with Crippen molar-refractivity contribution in [1.82, 2.24) is 24.3 Å². The molecule has 3 rings (SSSR count). The number of anilines is 1. The van der Waals surface area contributed by atoms with E-state index in [1.54, 1.807) is 35.3 Å². The molecule has 136 valence electrons. The Kier molecular flexibility index (Phi) is 4.96. The fraction of sp³-hybridized carbons (Fsp3) is 0.250. The summed E-state index contributed by atoms with van der Waals surface area (Å²) in [5.41, 5.74) is 1.75. The van der Waals surface area contributed by atoms with Crippen LogP contribution in [0, 0.1) is 0 Å². The second kappa shape index (κ2) is 7.18. The number of aromatic nitrogens is 4. The fourth-order valence-electron chi connectivity index (χ4n) is 2.36. The average molecular weight is 374 g/mol. The third-order valence-corrected chi connectivity index (χ3v) is 5.57. The molecule has 2 aromatic heterocycles. The van der Waals surface area contributed by atoms with E-state index >= 15 is 0 Å². The Bertz CT molecular complexity index is 1030. The number of carbonyl (C=O) groups is 1. The first-order valence-electron chi connectivity index (χ1n) is 7.83. The van der Waals surface area contributed by atoms with Crippen LogP contribution in [0.4, 0.5) is 5.69 Å². The molecule has 0 saturated carbocycles. The standard InChI is InChI=1S/C16H18N6O3S/c1-21(2)26(24,25)13-5-6-15-14(10-13)19-20-22(15)9-7-16(23)18-12-4-3-8-17-11-12/h3-6,8,10-11H,7,9H2,1-2H3,(H,18,23). The zero-order chi connectivity index (χ0) is 18.7. The number of hydrogen-bond acceptors (Lipinski definition) is 6. The van der Waals surface area contributed by atoms with Crippen LogP contribution in [0.1, 0.15) is 6.42 Å². The Morgan fingerprint density at radius 3 is 2.77 bits per heavy atom. The van der Waals surface area contributed by atoms with Crippen molar-refractivity contribution < 1.29 is 13.2 Å². The topological polar surface area (TPSA) is 110 Å². The molecule has 0 saturated heterocycles. The monoisotopic (exact) mass is 374 g/mol. The molecule has 10 heteroatoms. The molecule has 0 radical (unpaired) electrons. The van der Waals surface area contributed by atoms with Gasteiger partial charge in [-0.25, -0.2) is 17.4 Å². The van der Waals surface area contributed by atoms with Gasteiger partial charge in [-0.1, -0.05) is 5.21 Å². The molecule has 1 N–H and O–H groups in total. The minimum atomic E-state index is -3.53. The van der Waals surface area contributed by atoms with Crippen LogP contribution < -0.4 is 5.32 Å². The van der Waals surface area contributed by atoms with E-state index in [2.05, 4.69) is 20.6 Å². The van der Waals surface area contributed by atoms with Gasteiger partial charge in [0.25, 0.3) is 0 Å². The summed E-state index contributed by atoms with van der Waals surface area (Å²) in [6, 6.07) is 8.12. The normalized spacial score (nSPS) is 11.8. The van der Waals surface area contributed by atoms with E-state index in [0.29, 0.717) is 23.3 Å². The van der Waals surface area contributed by atoms with E-state index < -0.39 is 10.0 Å². The van der Waals surface area contributed by atoms with Crippen molar-refractivity contribution in [2.45, 2.75) is 17.9 Å². The number of carbonyl (C=O) groups excluding carboxylic acids is 1. The Morgan fingerprint density at radius 2 is 2.08 bits per heavy atom. The first kappa shape index (κ1) is 18.0. The molecule has 0 bridgehead atoms. The predicted octanol–water partition coefficient (Wildman–Crippen LogP) is 1.11. The van der Waals surface area contributed by atoms with E-state index in [-0.39, 0.29) is 17.2 Å². The SMILES string of the molecule is CN(C)S(=O)(=O)c1ccc2c(c1)nnn2CCC(=O)Nc1cccnc1. The summed E-state index contributed by atoms with van der Waals surface area (Å²) in [7, 11) is -0.594. The predicted molar refractivity (Wildman–Crippen MR) is 95.9 cm³/mol. The zero-order valence-electron chi connectivity index (χ0n) is 14.3. The van der Waals surface area contributed by atoms with E-state index in [1.165, 1.54) is 26.2 Å². The largest absolute Gasteiger partial charge is 0.325 e. The number of nitrogens with one attached hydrogen (secondary N) is 1. The zero-order valence-corrected chi connectivity index (χ0v) is 15.1. The Hall–Kier alpha value is -2.85. The summed E-state index contributed by atoms with van der Waals surface area (Å²) in [4.78, 5) is 16.1. The van der Waals surface area contributed by atoms with Gasteiger partial charge >= 0.3 is 0 Å². The van der Waals surface area contributed by atoms with Crippen molar-refractivity contribution in [1.29, 1.82) is 0 Å².